The highest BCUT2D eigenvalue weighted by molar-refractivity contribution is 7.80. The summed E-state index contributed by atoms with van der Waals surface area (Å²) < 4.78 is 0. The van der Waals surface area contributed by atoms with E-state index in [-0.39, 0.29) is 11.0 Å². The number of amides is 1. The maximum Gasteiger partial charge on any atom is 0.238 e. The lowest BCUT2D eigenvalue weighted by Crippen LogP contribution is -2.46. The first kappa shape index (κ1) is 26.9. The van der Waals surface area contributed by atoms with Gasteiger partial charge in [-0.3, -0.25) is 9.69 Å². The summed E-state index contributed by atoms with van der Waals surface area (Å²) in [6.45, 7) is 4.73. The standard InChI is InChI=1S/C32H31ClN4OS/c33-29-14-8-7-13-26(29)23-36-19-21-37(22-20-36)28-17-15-27(16-18-28)34-32(39)35-31(38)30(24-9-3-1-4-10-24)25-11-5-2-6-12-25/h1-18,30H,19-23H2,(H2,34,35,38,39). The molecule has 0 saturated carbocycles. The van der Waals surface area contributed by atoms with Crippen LogP contribution in [0.3, 0.4) is 0 Å². The van der Waals surface area contributed by atoms with Crippen molar-refractivity contribution in [1.82, 2.24) is 10.2 Å². The third-order valence-electron chi connectivity index (χ3n) is 6.98. The predicted molar refractivity (Wildman–Crippen MR) is 164 cm³/mol. The Morgan fingerprint density at radius 1 is 0.769 bits per heavy atom. The smallest absolute Gasteiger partial charge is 0.238 e. The van der Waals surface area contributed by atoms with Crippen molar-refractivity contribution in [3.63, 3.8) is 0 Å². The van der Waals surface area contributed by atoms with E-state index in [1.807, 2.05) is 91.0 Å². The number of benzene rings is 4. The fourth-order valence-corrected chi connectivity index (χ4v) is 5.33. The number of hydrogen-bond acceptors (Lipinski definition) is 4. The molecule has 1 heterocycles. The molecule has 5 rings (SSSR count). The Labute approximate surface area is 240 Å². The predicted octanol–water partition coefficient (Wildman–Crippen LogP) is 6.31. The second-order valence-corrected chi connectivity index (χ2v) is 10.4. The molecule has 1 amide bonds. The van der Waals surface area contributed by atoms with Gasteiger partial charge in [0, 0.05) is 49.1 Å². The Hall–Kier alpha value is -3.71. The summed E-state index contributed by atoms with van der Waals surface area (Å²) in [6, 6.07) is 35.7. The normalized spacial score (nSPS) is 13.7. The van der Waals surface area contributed by atoms with Crippen molar-refractivity contribution in [3.8, 4) is 0 Å². The van der Waals surface area contributed by atoms with Gasteiger partial charge in [-0.15, -0.1) is 0 Å². The first-order valence-electron chi connectivity index (χ1n) is 13.1. The Morgan fingerprint density at radius 3 is 1.92 bits per heavy atom. The van der Waals surface area contributed by atoms with Crippen LogP contribution in [0.15, 0.2) is 109 Å². The zero-order valence-corrected chi connectivity index (χ0v) is 23.2. The fraction of sp³-hybridized carbons (Fsp3) is 0.188. The van der Waals surface area contributed by atoms with Gasteiger partial charge in [0.05, 0.1) is 5.92 Å². The van der Waals surface area contributed by atoms with E-state index in [4.69, 9.17) is 23.8 Å². The summed E-state index contributed by atoms with van der Waals surface area (Å²) >= 11 is 11.8. The van der Waals surface area contributed by atoms with Gasteiger partial charge in [0.2, 0.25) is 5.91 Å². The molecule has 4 aromatic rings. The monoisotopic (exact) mass is 554 g/mol. The van der Waals surface area contributed by atoms with Crippen molar-refractivity contribution >= 4 is 46.2 Å². The lowest BCUT2D eigenvalue weighted by atomic mass is 9.90. The molecule has 1 saturated heterocycles. The van der Waals surface area contributed by atoms with Gasteiger partial charge in [-0.2, -0.15) is 0 Å². The summed E-state index contributed by atoms with van der Waals surface area (Å²) in [6.07, 6.45) is 0. The van der Waals surface area contributed by atoms with Gasteiger partial charge in [-0.1, -0.05) is 90.5 Å². The summed E-state index contributed by atoms with van der Waals surface area (Å²) in [4.78, 5) is 18.1. The number of carbonyl (C=O) groups excluding carboxylic acids is 1. The topological polar surface area (TPSA) is 47.6 Å². The van der Waals surface area contributed by atoms with Gasteiger partial charge in [0.25, 0.3) is 0 Å². The lowest BCUT2D eigenvalue weighted by Gasteiger charge is -2.36. The molecule has 1 aliphatic rings. The zero-order chi connectivity index (χ0) is 27.0. The average molecular weight is 555 g/mol. The van der Waals surface area contributed by atoms with Crippen molar-refractivity contribution < 1.29 is 4.79 Å². The van der Waals surface area contributed by atoms with Gasteiger partial charge < -0.3 is 15.5 Å². The van der Waals surface area contributed by atoms with Crippen molar-refractivity contribution in [2.45, 2.75) is 12.5 Å². The van der Waals surface area contributed by atoms with Crippen molar-refractivity contribution in [2.75, 3.05) is 36.4 Å². The third-order valence-corrected chi connectivity index (χ3v) is 7.55. The molecular formula is C32H31ClN4OS. The molecule has 0 bridgehead atoms. The molecule has 0 spiro atoms. The van der Waals surface area contributed by atoms with Crippen LogP contribution in [0.1, 0.15) is 22.6 Å². The Balaban J connectivity index is 1.15. The molecule has 198 valence electrons. The number of piperazine rings is 1. The molecule has 39 heavy (non-hydrogen) atoms. The molecule has 1 aliphatic heterocycles. The number of rotatable bonds is 7. The second kappa shape index (κ2) is 12.9. The van der Waals surface area contributed by atoms with Gasteiger partial charge in [0.15, 0.2) is 5.11 Å². The zero-order valence-electron chi connectivity index (χ0n) is 21.6. The van der Waals surface area contributed by atoms with E-state index in [2.05, 4.69) is 38.6 Å². The quantitative estimate of drug-likeness (QED) is 0.262. The van der Waals surface area contributed by atoms with E-state index in [9.17, 15) is 4.79 Å². The molecule has 2 N–H and O–H groups in total. The Kier molecular flexibility index (Phi) is 8.89. The molecule has 0 atom stereocenters. The highest BCUT2D eigenvalue weighted by Gasteiger charge is 2.23. The van der Waals surface area contributed by atoms with Gasteiger partial charge in [-0.25, -0.2) is 0 Å². The van der Waals surface area contributed by atoms with Crippen molar-refractivity contribution in [2.24, 2.45) is 0 Å². The number of halogens is 1. The number of nitrogens with zero attached hydrogens (tertiary/aromatic N) is 2. The molecule has 0 unspecified atom stereocenters. The molecule has 0 aliphatic carbocycles. The number of hydrogen-bond donors (Lipinski definition) is 2. The highest BCUT2D eigenvalue weighted by atomic mass is 35.5. The minimum Gasteiger partial charge on any atom is -0.369 e. The largest absolute Gasteiger partial charge is 0.369 e. The van der Waals surface area contributed by atoms with Crippen LogP contribution in [0.4, 0.5) is 11.4 Å². The molecule has 0 aromatic heterocycles. The minimum absolute atomic E-state index is 0.170. The van der Waals surface area contributed by atoms with Gasteiger partial charge in [-0.05, 0) is 59.2 Å². The molecular weight excluding hydrogens is 524 g/mol. The Morgan fingerprint density at radius 2 is 1.33 bits per heavy atom. The van der Waals surface area contributed by atoms with Crippen LogP contribution in [0.5, 0.6) is 0 Å². The molecule has 4 aromatic carbocycles. The lowest BCUT2D eigenvalue weighted by molar-refractivity contribution is -0.120. The van der Waals surface area contributed by atoms with Crippen molar-refractivity contribution in [3.05, 3.63) is 131 Å². The van der Waals surface area contributed by atoms with Crippen LogP contribution in [0.2, 0.25) is 5.02 Å². The van der Waals surface area contributed by atoms with E-state index < -0.39 is 5.92 Å². The van der Waals surface area contributed by atoms with E-state index in [0.29, 0.717) is 0 Å². The number of thiocarbonyl (C=S) groups is 1. The average Bonchev–Trinajstić information content (AvgIpc) is 2.96. The number of anilines is 2. The van der Waals surface area contributed by atoms with Crippen molar-refractivity contribution in [1.29, 1.82) is 0 Å². The van der Waals surface area contributed by atoms with Crippen LogP contribution in [0, 0.1) is 0 Å². The summed E-state index contributed by atoms with van der Waals surface area (Å²) in [5.74, 6) is -0.623. The van der Waals surface area contributed by atoms with Gasteiger partial charge in [0.1, 0.15) is 0 Å². The van der Waals surface area contributed by atoms with E-state index in [1.54, 1.807) is 0 Å². The summed E-state index contributed by atoms with van der Waals surface area (Å²) in [7, 11) is 0. The molecule has 7 heteroatoms. The summed E-state index contributed by atoms with van der Waals surface area (Å²) in [5.41, 5.74) is 5.00. The number of carbonyl (C=O) groups is 1. The maximum absolute atomic E-state index is 13.3. The van der Waals surface area contributed by atoms with Crippen LogP contribution in [0.25, 0.3) is 0 Å². The molecule has 5 nitrogen and oxygen atoms in total. The SMILES string of the molecule is O=C(NC(=S)Nc1ccc(N2CCN(Cc3ccccc3Cl)CC2)cc1)C(c1ccccc1)c1ccccc1. The van der Waals surface area contributed by atoms with Crippen LogP contribution >= 0.6 is 23.8 Å². The van der Waals surface area contributed by atoms with Crippen LogP contribution < -0.4 is 15.5 Å². The minimum atomic E-state index is -0.453. The van der Waals surface area contributed by atoms with E-state index >= 15 is 0 Å². The van der Waals surface area contributed by atoms with Gasteiger partial charge >= 0.3 is 0 Å². The summed E-state index contributed by atoms with van der Waals surface area (Å²) in [5, 5.41) is 7.15. The maximum atomic E-state index is 13.3. The Bertz CT molecular complexity index is 1350. The van der Waals surface area contributed by atoms with Crippen LogP contribution in [-0.4, -0.2) is 42.1 Å². The van der Waals surface area contributed by atoms with E-state index in [0.717, 1.165) is 54.6 Å². The fourth-order valence-electron chi connectivity index (χ4n) is 4.92. The van der Waals surface area contributed by atoms with Crippen LogP contribution in [-0.2, 0) is 11.3 Å². The molecule has 0 radical (unpaired) electrons. The van der Waals surface area contributed by atoms with E-state index in [1.165, 1.54) is 11.3 Å². The number of nitrogens with one attached hydrogen (secondary N) is 2. The first-order chi connectivity index (χ1) is 19.1. The molecule has 1 fully saturated rings. The highest BCUT2D eigenvalue weighted by Crippen LogP contribution is 2.25. The second-order valence-electron chi connectivity index (χ2n) is 9.60. The first-order valence-corrected chi connectivity index (χ1v) is 13.9. The third kappa shape index (κ3) is 7.03.